The van der Waals surface area contributed by atoms with Gasteiger partial charge in [0.15, 0.2) is 31.9 Å². The molecule has 0 aromatic rings. The molecule has 3 aliphatic carbocycles. The number of ketones is 1. The Morgan fingerprint density at radius 2 is 1.77 bits per heavy atom. The molecule has 0 unspecified atom stereocenters. The van der Waals surface area contributed by atoms with Gasteiger partial charge in [0, 0.05) is 24.7 Å². The topological polar surface area (TPSA) is 118 Å². The van der Waals surface area contributed by atoms with E-state index in [4.69, 9.17) is 23.4 Å². The molecule has 8 atom stereocenters. The molecule has 4 fully saturated rings. The third-order valence-electron chi connectivity index (χ3n) is 11.3. The Morgan fingerprint density at radius 3 is 2.31 bits per heavy atom. The van der Waals surface area contributed by atoms with Crippen LogP contribution < -0.4 is 0 Å². The monoisotopic (exact) mass is 564 g/mol. The molecule has 2 aliphatic heterocycles. The summed E-state index contributed by atoms with van der Waals surface area (Å²) in [5.41, 5.74) is -3.28. The Kier molecular flexibility index (Phi) is 6.73. The van der Waals surface area contributed by atoms with Gasteiger partial charge in [0.1, 0.15) is 5.60 Å². The summed E-state index contributed by atoms with van der Waals surface area (Å²) in [5, 5.41) is 12.2. The summed E-state index contributed by atoms with van der Waals surface area (Å²) in [5.74, 6) is -1.77. The maximum atomic E-state index is 15.1. The lowest BCUT2D eigenvalue weighted by atomic mass is 9.45. The fourth-order valence-corrected chi connectivity index (χ4v) is 11.7. The number of fused-ring (bicyclic) bond motifs is 5. The molecule has 9 nitrogen and oxygen atoms in total. The number of rotatable bonds is 6. The molecule has 5 rings (SSSR count). The Labute approximate surface area is 232 Å². The van der Waals surface area contributed by atoms with Crippen LogP contribution in [0.3, 0.4) is 0 Å². The van der Waals surface area contributed by atoms with E-state index in [0.717, 1.165) is 23.7 Å². The van der Waals surface area contributed by atoms with Gasteiger partial charge in [-0.3, -0.25) is 9.59 Å². The number of aliphatic hydroxyl groups is 1. The molecular weight excluding hydrogens is 520 g/mol. The quantitative estimate of drug-likeness (QED) is 0.283. The minimum atomic E-state index is -2.26. The first-order valence-corrected chi connectivity index (χ1v) is 17.0. The van der Waals surface area contributed by atoms with Crippen molar-refractivity contribution in [3.8, 4) is 0 Å². The lowest BCUT2D eigenvalue weighted by molar-refractivity contribution is -0.332. The lowest BCUT2D eigenvalue weighted by Gasteiger charge is -2.66. The molecule has 39 heavy (non-hydrogen) atoms. The number of allylic oxidation sites excluding steroid dienone is 1. The normalized spacial score (nSPS) is 42.6. The Balaban J connectivity index is 1.80. The highest BCUT2D eigenvalue weighted by atomic mass is 28.4. The second kappa shape index (κ2) is 9.13. The van der Waals surface area contributed by atoms with Crippen molar-refractivity contribution in [3.63, 3.8) is 0 Å². The average molecular weight is 565 g/mol. The molecule has 218 valence electrons. The van der Waals surface area contributed by atoms with Crippen molar-refractivity contribution in [1.29, 1.82) is 0 Å². The Bertz CT molecular complexity index is 1100. The second-order valence-corrected chi connectivity index (χ2v) is 17.8. The van der Waals surface area contributed by atoms with Gasteiger partial charge in [0.25, 0.3) is 0 Å². The van der Waals surface area contributed by atoms with Crippen molar-refractivity contribution in [3.05, 3.63) is 11.1 Å². The zero-order valence-electron chi connectivity index (χ0n) is 24.5. The zero-order chi connectivity index (χ0) is 28.8. The largest absolute Gasteiger partial charge is 0.509 e. The summed E-state index contributed by atoms with van der Waals surface area (Å²) in [7, 11) is -2.26. The van der Waals surface area contributed by atoms with E-state index in [9.17, 15) is 14.7 Å². The van der Waals surface area contributed by atoms with Crippen molar-refractivity contribution in [2.24, 2.45) is 16.7 Å². The molecule has 1 spiro atoms. The molecule has 2 heterocycles. The van der Waals surface area contributed by atoms with Crippen LogP contribution >= 0.6 is 0 Å². The lowest BCUT2D eigenvalue weighted by Crippen LogP contribution is -2.80. The highest BCUT2D eigenvalue weighted by Crippen LogP contribution is 2.66. The first-order valence-electron chi connectivity index (χ1n) is 14.5. The van der Waals surface area contributed by atoms with Crippen LogP contribution in [0.1, 0.15) is 74.7 Å². The molecular formula is C29H44O9Si. The molecule has 0 amide bonds. The number of carbonyl (C=O) groups is 3. The number of carbonyl (C=O) groups excluding carboxylic acids is 3. The SMILES string of the molecule is CC[Si](CC)(CC)O[C@H]1C[C@H]2OC[C@@]2(O)[C@H]2[C@@H]3OC(=O)O[C@]34CCC(C)=C([C@@H](OC(C)=O)C(=O)[C@]12C)C4(C)C. The highest BCUT2D eigenvalue weighted by Gasteiger charge is 2.79. The maximum Gasteiger partial charge on any atom is 0.509 e. The first kappa shape index (κ1) is 28.8. The van der Waals surface area contributed by atoms with Crippen LogP contribution in [-0.4, -0.2) is 73.6 Å². The van der Waals surface area contributed by atoms with E-state index in [-0.39, 0.29) is 12.4 Å². The molecule has 2 bridgehead atoms. The summed E-state index contributed by atoms with van der Waals surface area (Å²) in [4.78, 5) is 40.6. The molecule has 2 saturated carbocycles. The summed E-state index contributed by atoms with van der Waals surface area (Å²) in [6.07, 6.45) is -2.79. The van der Waals surface area contributed by atoms with Crippen molar-refractivity contribution < 1.29 is 42.9 Å². The maximum absolute atomic E-state index is 15.1. The zero-order valence-corrected chi connectivity index (χ0v) is 25.5. The van der Waals surface area contributed by atoms with Crippen molar-refractivity contribution in [2.75, 3.05) is 6.61 Å². The van der Waals surface area contributed by atoms with Crippen LogP contribution in [-0.2, 0) is 33.0 Å². The van der Waals surface area contributed by atoms with Gasteiger partial charge in [-0.2, -0.15) is 0 Å². The Hall–Kier alpha value is -1.75. The molecule has 5 aliphatic rings. The predicted octanol–water partition coefficient (Wildman–Crippen LogP) is 4.46. The number of hydrogen-bond acceptors (Lipinski definition) is 9. The molecule has 2 saturated heterocycles. The van der Waals surface area contributed by atoms with Crippen LogP contribution in [0, 0.1) is 16.7 Å². The minimum Gasteiger partial charge on any atom is -0.450 e. The molecule has 0 aromatic carbocycles. The molecule has 10 heteroatoms. The smallest absolute Gasteiger partial charge is 0.450 e. The van der Waals surface area contributed by atoms with E-state index < -0.39 is 72.8 Å². The van der Waals surface area contributed by atoms with Crippen LogP contribution in [0.25, 0.3) is 0 Å². The van der Waals surface area contributed by atoms with Crippen LogP contribution in [0.4, 0.5) is 4.79 Å². The summed E-state index contributed by atoms with van der Waals surface area (Å²) < 4.78 is 31.0. The predicted molar refractivity (Wildman–Crippen MR) is 143 cm³/mol. The van der Waals surface area contributed by atoms with E-state index in [1.165, 1.54) is 6.92 Å². The van der Waals surface area contributed by atoms with Crippen molar-refractivity contribution >= 4 is 26.2 Å². The number of Topliss-reactive ketones (excluding diaryl/α,β-unsaturated/α-hetero) is 1. The van der Waals surface area contributed by atoms with E-state index in [2.05, 4.69) is 20.8 Å². The molecule has 0 radical (unpaired) electrons. The third kappa shape index (κ3) is 3.63. The second-order valence-electron chi connectivity index (χ2n) is 13.1. The van der Waals surface area contributed by atoms with Crippen molar-refractivity contribution in [2.45, 2.75) is 128 Å². The van der Waals surface area contributed by atoms with E-state index in [1.807, 2.05) is 27.7 Å². The van der Waals surface area contributed by atoms with Crippen molar-refractivity contribution in [1.82, 2.24) is 0 Å². The highest BCUT2D eigenvalue weighted by molar-refractivity contribution is 6.73. The van der Waals surface area contributed by atoms with Crippen LogP contribution in [0.2, 0.25) is 18.1 Å². The summed E-state index contributed by atoms with van der Waals surface area (Å²) >= 11 is 0. The molecule has 0 aromatic heterocycles. The van der Waals surface area contributed by atoms with Gasteiger partial charge in [-0.1, -0.05) is 40.2 Å². The Morgan fingerprint density at radius 1 is 1.13 bits per heavy atom. The van der Waals surface area contributed by atoms with E-state index in [1.54, 1.807) is 0 Å². The van der Waals surface area contributed by atoms with Gasteiger partial charge in [-0.05, 0) is 50.4 Å². The fraction of sp³-hybridized carbons (Fsp3) is 0.828. The number of esters is 1. The van der Waals surface area contributed by atoms with Gasteiger partial charge in [-0.15, -0.1) is 0 Å². The standard InChI is InChI=1S/C29H44O9Si/c1-9-39(10-2,11-3)38-18-14-19-28(33,15-34-19)22-24-29(37-25(32)36-24)13-12-16(4)20(26(29,6)7)21(35-17(5)30)23(31)27(18,22)8/h18-19,21-22,24,33H,9-15H2,1-8H3/t18-,19+,21+,22-,24-,27+,28-,29+/m0/s1. The first-order chi connectivity index (χ1) is 18.2. The summed E-state index contributed by atoms with van der Waals surface area (Å²) in [6, 6.07) is 2.62. The summed E-state index contributed by atoms with van der Waals surface area (Å²) in [6.45, 7) is 15.3. The average Bonchev–Trinajstić information content (AvgIpc) is 3.20. The number of hydrogen-bond donors (Lipinski definition) is 1. The minimum absolute atomic E-state index is 0.0142. The number of ether oxygens (including phenoxy) is 4. The van der Waals surface area contributed by atoms with Gasteiger partial charge in [0.05, 0.1) is 24.2 Å². The fourth-order valence-electron chi connectivity index (χ4n) is 8.72. The van der Waals surface area contributed by atoms with E-state index in [0.29, 0.717) is 24.8 Å². The van der Waals surface area contributed by atoms with Gasteiger partial charge in [0.2, 0.25) is 0 Å². The van der Waals surface area contributed by atoms with Gasteiger partial charge in [-0.25, -0.2) is 4.79 Å². The van der Waals surface area contributed by atoms with Crippen LogP contribution in [0.15, 0.2) is 11.1 Å². The van der Waals surface area contributed by atoms with E-state index >= 15 is 4.79 Å². The van der Waals surface area contributed by atoms with Gasteiger partial charge < -0.3 is 28.5 Å². The van der Waals surface area contributed by atoms with Gasteiger partial charge >= 0.3 is 12.1 Å². The molecule has 1 N–H and O–H groups in total. The van der Waals surface area contributed by atoms with Crippen LogP contribution in [0.5, 0.6) is 0 Å². The third-order valence-corrected chi connectivity index (χ3v) is 16.0.